The maximum atomic E-state index is 12.7. The molecule has 1 aromatic carbocycles. The third kappa shape index (κ3) is 5.58. The van der Waals surface area contributed by atoms with Crippen LogP contribution in [-0.4, -0.2) is 49.3 Å². The Balaban J connectivity index is 2.74. The Labute approximate surface area is 133 Å². The summed E-state index contributed by atoms with van der Waals surface area (Å²) in [7, 11) is 4.69. The van der Waals surface area contributed by atoms with Gasteiger partial charge in [0, 0.05) is 27.1 Å². The zero-order valence-corrected chi connectivity index (χ0v) is 13.6. The molecule has 0 radical (unpaired) electrons. The predicted molar refractivity (Wildman–Crippen MR) is 80.6 cm³/mol. The van der Waals surface area contributed by atoms with Crippen molar-refractivity contribution in [3.05, 3.63) is 35.4 Å². The largest absolute Gasteiger partial charge is 0.416 e. The lowest BCUT2D eigenvalue weighted by atomic mass is 9.98. The van der Waals surface area contributed by atoms with Crippen LogP contribution in [0.1, 0.15) is 18.1 Å². The Bertz CT molecular complexity index is 571. The standard InChI is InChI=1S/C16H21F3N2O2/c1-11(15(23)21(4)10-14(22)20(2)3)8-12-6-5-7-13(9-12)16(17,18)19/h5-7,9,11H,8,10H2,1-4H3. The third-order valence-electron chi connectivity index (χ3n) is 3.47. The number of likely N-dealkylation sites (N-methyl/N-ethyl adjacent to an activating group) is 2. The van der Waals surface area contributed by atoms with Gasteiger partial charge in [0.2, 0.25) is 11.8 Å². The molecule has 0 aliphatic heterocycles. The fourth-order valence-electron chi connectivity index (χ4n) is 2.11. The number of alkyl halides is 3. The van der Waals surface area contributed by atoms with Crippen LogP contribution in [0.2, 0.25) is 0 Å². The normalized spacial score (nSPS) is 12.7. The highest BCUT2D eigenvalue weighted by Crippen LogP contribution is 2.30. The zero-order valence-electron chi connectivity index (χ0n) is 13.6. The van der Waals surface area contributed by atoms with Gasteiger partial charge in [0.1, 0.15) is 0 Å². The molecule has 23 heavy (non-hydrogen) atoms. The number of carbonyl (C=O) groups excluding carboxylic acids is 2. The molecule has 0 heterocycles. The van der Waals surface area contributed by atoms with Crippen LogP contribution in [0.3, 0.4) is 0 Å². The number of hydrogen-bond acceptors (Lipinski definition) is 2. The second-order valence-corrected chi connectivity index (χ2v) is 5.79. The molecular weight excluding hydrogens is 309 g/mol. The van der Waals surface area contributed by atoms with E-state index < -0.39 is 17.7 Å². The quantitative estimate of drug-likeness (QED) is 0.832. The van der Waals surface area contributed by atoms with Crippen LogP contribution < -0.4 is 0 Å². The van der Waals surface area contributed by atoms with Crippen LogP contribution in [0.5, 0.6) is 0 Å². The Morgan fingerprint density at radius 1 is 1.17 bits per heavy atom. The number of hydrogen-bond donors (Lipinski definition) is 0. The number of amides is 2. The molecule has 0 spiro atoms. The van der Waals surface area contributed by atoms with Gasteiger partial charge in [0.15, 0.2) is 0 Å². The number of nitrogens with zero attached hydrogens (tertiary/aromatic N) is 2. The molecule has 0 aliphatic rings. The van der Waals surface area contributed by atoms with Crippen molar-refractivity contribution in [3.63, 3.8) is 0 Å². The van der Waals surface area contributed by atoms with Crippen LogP contribution in [0.25, 0.3) is 0 Å². The Morgan fingerprint density at radius 2 is 1.78 bits per heavy atom. The van der Waals surface area contributed by atoms with Gasteiger partial charge in [-0.3, -0.25) is 9.59 Å². The van der Waals surface area contributed by atoms with Crippen molar-refractivity contribution in [1.82, 2.24) is 9.80 Å². The number of carbonyl (C=O) groups is 2. The summed E-state index contributed by atoms with van der Waals surface area (Å²) in [6.45, 7) is 1.58. The first-order valence-electron chi connectivity index (χ1n) is 7.13. The fraction of sp³-hybridized carbons (Fsp3) is 0.500. The summed E-state index contributed by atoms with van der Waals surface area (Å²) in [6.07, 6.45) is -4.22. The van der Waals surface area contributed by atoms with Gasteiger partial charge in [0.05, 0.1) is 12.1 Å². The van der Waals surface area contributed by atoms with E-state index in [1.165, 1.54) is 22.9 Å². The van der Waals surface area contributed by atoms with Crippen LogP contribution >= 0.6 is 0 Å². The van der Waals surface area contributed by atoms with E-state index in [1.807, 2.05) is 0 Å². The first-order valence-corrected chi connectivity index (χ1v) is 7.13. The van der Waals surface area contributed by atoms with Crippen molar-refractivity contribution in [2.75, 3.05) is 27.7 Å². The third-order valence-corrected chi connectivity index (χ3v) is 3.47. The average Bonchev–Trinajstić information content (AvgIpc) is 2.45. The second-order valence-electron chi connectivity index (χ2n) is 5.79. The summed E-state index contributed by atoms with van der Waals surface area (Å²) in [6, 6.07) is 4.94. The summed E-state index contributed by atoms with van der Waals surface area (Å²) in [4.78, 5) is 26.5. The molecule has 0 aliphatic carbocycles. The molecular formula is C16H21F3N2O2. The lowest BCUT2D eigenvalue weighted by Crippen LogP contribution is -2.40. The van der Waals surface area contributed by atoms with Crippen molar-refractivity contribution in [2.45, 2.75) is 19.5 Å². The van der Waals surface area contributed by atoms with Crippen molar-refractivity contribution in [3.8, 4) is 0 Å². The minimum Gasteiger partial charge on any atom is -0.347 e. The van der Waals surface area contributed by atoms with Crippen molar-refractivity contribution < 1.29 is 22.8 Å². The first kappa shape index (κ1) is 19.0. The van der Waals surface area contributed by atoms with E-state index in [0.29, 0.717) is 5.56 Å². The van der Waals surface area contributed by atoms with Gasteiger partial charge in [-0.15, -0.1) is 0 Å². The molecule has 0 saturated carbocycles. The van der Waals surface area contributed by atoms with Gasteiger partial charge < -0.3 is 9.80 Å². The lowest BCUT2D eigenvalue weighted by molar-refractivity contribution is -0.140. The van der Waals surface area contributed by atoms with Crippen LogP contribution in [0, 0.1) is 5.92 Å². The summed E-state index contributed by atoms with van der Waals surface area (Å²) in [5.41, 5.74) is -0.293. The molecule has 1 aromatic rings. The number of benzene rings is 1. The molecule has 1 unspecified atom stereocenters. The highest BCUT2D eigenvalue weighted by atomic mass is 19.4. The molecule has 0 fully saturated rings. The van der Waals surface area contributed by atoms with E-state index in [9.17, 15) is 22.8 Å². The fourth-order valence-corrected chi connectivity index (χ4v) is 2.11. The van der Waals surface area contributed by atoms with Crippen molar-refractivity contribution in [1.29, 1.82) is 0 Å². The molecule has 0 N–H and O–H groups in total. The highest BCUT2D eigenvalue weighted by Gasteiger charge is 2.30. The maximum Gasteiger partial charge on any atom is 0.416 e. The molecule has 2 amide bonds. The minimum absolute atomic E-state index is 0.0568. The van der Waals surface area contributed by atoms with Gasteiger partial charge in [-0.1, -0.05) is 25.1 Å². The van der Waals surface area contributed by atoms with Gasteiger partial charge in [-0.25, -0.2) is 0 Å². The maximum absolute atomic E-state index is 12.7. The molecule has 0 aromatic heterocycles. The van der Waals surface area contributed by atoms with Crippen LogP contribution in [-0.2, 0) is 22.2 Å². The van der Waals surface area contributed by atoms with E-state index in [1.54, 1.807) is 27.1 Å². The molecule has 128 valence electrons. The van der Waals surface area contributed by atoms with Gasteiger partial charge in [0.25, 0.3) is 0 Å². The molecule has 1 atom stereocenters. The summed E-state index contributed by atoms with van der Waals surface area (Å²) in [5.74, 6) is -1.01. The van der Waals surface area contributed by atoms with E-state index in [2.05, 4.69) is 0 Å². The van der Waals surface area contributed by atoms with Crippen LogP contribution in [0.4, 0.5) is 13.2 Å². The van der Waals surface area contributed by atoms with Gasteiger partial charge in [-0.2, -0.15) is 13.2 Å². The molecule has 1 rings (SSSR count). The lowest BCUT2D eigenvalue weighted by Gasteiger charge is -2.22. The van der Waals surface area contributed by atoms with E-state index in [0.717, 1.165) is 12.1 Å². The monoisotopic (exact) mass is 330 g/mol. The minimum atomic E-state index is -4.40. The Morgan fingerprint density at radius 3 is 2.30 bits per heavy atom. The molecule has 7 heteroatoms. The molecule has 0 bridgehead atoms. The smallest absolute Gasteiger partial charge is 0.347 e. The average molecular weight is 330 g/mol. The Hall–Kier alpha value is -2.05. The second kappa shape index (κ2) is 7.48. The summed E-state index contributed by atoms with van der Waals surface area (Å²) >= 11 is 0. The SMILES string of the molecule is CC(Cc1cccc(C(F)(F)F)c1)C(=O)N(C)CC(=O)N(C)C. The predicted octanol–water partition coefficient (Wildman–Crippen LogP) is 2.43. The Kier molecular flexibility index (Phi) is 6.18. The van der Waals surface area contributed by atoms with E-state index >= 15 is 0 Å². The first-order chi connectivity index (χ1) is 10.5. The summed E-state index contributed by atoms with van der Waals surface area (Å²) in [5, 5.41) is 0. The number of rotatable bonds is 5. The van der Waals surface area contributed by atoms with Gasteiger partial charge in [-0.05, 0) is 18.1 Å². The van der Waals surface area contributed by atoms with Crippen molar-refractivity contribution >= 4 is 11.8 Å². The highest BCUT2D eigenvalue weighted by molar-refractivity contribution is 5.85. The molecule has 0 saturated heterocycles. The number of halogens is 3. The topological polar surface area (TPSA) is 40.6 Å². The van der Waals surface area contributed by atoms with Crippen LogP contribution in [0.15, 0.2) is 24.3 Å². The zero-order chi connectivity index (χ0) is 17.8. The summed E-state index contributed by atoms with van der Waals surface area (Å²) < 4.78 is 38.1. The van der Waals surface area contributed by atoms with Gasteiger partial charge >= 0.3 is 6.18 Å². The van der Waals surface area contributed by atoms with Crippen molar-refractivity contribution in [2.24, 2.45) is 5.92 Å². The molecule has 4 nitrogen and oxygen atoms in total. The van der Waals surface area contributed by atoms with E-state index in [4.69, 9.17) is 0 Å². The van der Waals surface area contributed by atoms with E-state index in [-0.39, 0.29) is 24.8 Å².